The van der Waals surface area contributed by atoms with Gasteiger partial charge in [-0.05, 0) is 87.3 Å². The summed E-state index contributed by atoms with van der Waals surface area (Å²) in [7, 11) is 3.56. The average Bonchev–Trinajstić information content (AvgIpc) is 4.01. The molecule has 2 bridgehead atoms. The summed E-state index contributed by atoms with van der Waals surface area (Å²) in [4.78, 5) is 88.4. The maximum absolute atomic E-state index is 13.5. The smallest absolute Gasteiger partial charge is 0.270 e. The Labute approximate surface area is 348 Å². The van der Waals surface area contributed by atoms with E-state index < -0.39 is 23.8 Å². The van der Waals surface area contributed by atoms with Gasteiger partial charge in [-0.3, -0.25) is 39.1 Å². The van der Waals surface area contributed by atoms with Crippen molar-refractivity contribution in [1.82, 2.24) is 39.5 Å². The lowest BCUT2D eigenvalue weighted by atomic mass is 9.94. The fourth-order valence-corrected chi connectivity index (χ4v) is 10.6. The molecule has 3 aromatic heterocycles. The second-order valence-corrected chi connectivity index (χ2v) is 17.6. The van der Waals surface area contributed by atoms with Crippen molar-refractivity contribution in [2.75, 3.05) is 61.9 Å². The Kier molecular flexibility index (Phi) is 9.76. The molecule has 8 heterocycles. The van der Waals surface area contributed by atoms with Crippen LogP contribution >= 0.6 is 0 Å². The summed E-state index contributed by atoms with van der Waals surface area (Å²) in [6.45, 7) is 4.75. The zero-order valence-electron chi connectivity index (χ0n) is 34.2. The van der Waals surface area contributed by atoms with Crippen LogP contribution < -0.4 is 20.4 Å². The number of fused-ring (bicyclic) bond motifs is 4. The maximum atomic E-state index is 13.5. The Balaban J connectivity index is 0.739. The van der Waals surface area contributed by atoms with Crippen molar-refractivity contribution in [2.24, 2.45) is 5.92 Å². The van der Waals surface area contributed by atoms with Gasteiger partial charge in [0.1, 0.15) is 23.2 Å². The van der Waals surface area contributed by atoms with E-state index >= 15 is 0 Å². The van der Waals surface area contributed by atoms with Gasteiger partial charge in [-0.15, -0.1) is 0 Å². The number of carbonyl (C=O) groups is 5. The summed E-state index contributed by atoms with van der Waals surface area (Å²) < 4.78 is 2.12. The van der Waals surface area contributed by atoms with Gasteiger partial charge in [0.25, 0.3) is 17.7 Å². The number of imide groups is 2. The summed E-state index contributed by atoms with van der Waals surface area (Å²) in [6.07, 6.45) is 12.8. The van der Waals surface area contributed by atoms with E-state index in [2.05, 4.69) is 41.0 Å². The van der Waals surface area contributed by atoms with E-state index in [4.69, 9.17) is 9.97 Å². The molecule has 4 aromatic rings. The molecule has 5 aliphatic heterocycles. The lowest BCUT2D eigenvalue weighted by Crippen LogP contribution is -2.55. The van der Waals surface area contributed by atoms with E-state index in [1.54, 1.807) is 31.3 Å². The minimum Gasteiger partial charge on any atom is -0.370 e. The number of benzene rings is 1. The molecule has 6 aliphatic rings. The van der Waals surface area contributed by atoms with Gasteiger partial charge in [0.2, 0.25) is 17.8 Å². The number of piperidine rings is 2. The van der Waals surface area contributed by atoms with Crippen molar-refractivity contribution in [2.45, 2.75) is 88.4 Å². The van der Waals surface area contributed by atoms with E-state index in [-0.39, 0.29) is 30.7 Å². The molecular weight excluding hydrogens is 763 g/mol. The number of anilines is 4. The SMILES string of the molecule is CN(C)C(=O)c1cc2cnc(Nc3ccc(N4CCC(CN5C6CCC5CN(c5ccc7c(c5)C(=O)N(C5CCC(=O)NC5=O)C7=O)C6)CC4)cn3)nc2n1C1CCCC1. The van der Waals surface area contributed by atoms with Crippen molar-refractivity contribution in [3.8, 4) is 0 Å². The Morgan fingerprint density at radius 2 is 1.53 bits per heavy atom. The zero-order chi connectivity index (χ0) is 41.2. The Morgan fingerprint density at radius 3 is 2.23 bits per heavy atom. The number of nitrogens with zero attached hydrogens (tertiary/aromatic N) is 9. The Bertz CT molecular complexity index is 2370. The molecule has 1 aromatic carbocycles. The van der Waals surface area contributed by atoms with Gasteiger partial charge >= 0.3 is 0 Å². The molecule has 60 heavy (non-hydrogen) atoms. The highest BCUT2D eigenvalue weighted by Crippen LogP contribution is 2.38. The standard InChI is InChI=1S/C44H51N11O5/c1-50(2)43(60)36-19-27-21-46-44(49-39(27)54(36)28-5-3-4-6-28)47-37-13-10-30(22-45-37)51-17-15-26(16-18-51)23-53-31-7-8-32(53)25-52(24-31)29-9-11-33-34(20-29)42(59)55(41(33)58)35-12-14-38(56)48-40(35)57/h9-11,13,19-22,26,28,31-32,35H,3-8,12,14-18,23-25H2,1-2H3,(H,48,56,57)(H,45,46,47,49). The minimum atomic E-state index is -0.967. The van der Waals surface area contributed by atoms with Crippen LogP contribution in [0.2, 0.25) is 0 Å². The topological polar surface area (TPSA) is 169 Å². The molecule has 3 unspecified atom stereocenters. The van der Waals surface area contributed by atoms with Gasteiger partial charge in [0, 0.05) is 88.6 Å². The molecule has 5 amide bonds. The third-order valence-electron chi connectivity index (χ3n) is 13.7. The van der Waals surface area contributed by atoms with Crippen molar-refractivity contribution in [1.29, 1.82) is 0 Å². The third-order valence-corrected chi connectivity index (χ3v) is 13.7. The first kappa shape index (κ1) is 38.3. The molecule has 16 nitrogen and oxygen atoms in total. The summed E-state index contributed by atoms with van der Waals surface area (Å²) >= 11 is 0. The first-order valence-corrected chi connectivity index (χ1v) is 21.5. The van der Waals surface area contributed by atoms with Gasteiger partial charge < -0.3 is 24.6 Å². The summed E-state index contributed by atoms with van der Waals surface area (Å²) in [5.74, 6) is -0.221. The monoisotopic (exact) mass is 813 g/mol. The largest absolute Gasteiger partial charge is 0.370 e. The highest BCUT2D eigenvalue weighted by Gasteiger charge is 2.46. The lowest BCUT2D eigenvalue weighted by Gasteiger charge is -2.44. The predicted molar refractivity (Wildman–Crippen MR) is 224 cm³/mol. The number of pyridine rings is 1. The number of hydrogen-bond acceptors (Lipinski definition) is 12. The number of rotatable bonds is 9. The predicted octanol–water partition coefficient (Wildman–Crippen LogP) is 4.36. The molecule has 1 saturated carbocycles. The van der Waals surface area contributed by atoms with E-state index in [1.807, 2.05) is 30.5 Å². The number of piperazine rings is 1. The normalized spacial score (nSPS) is 23.8. The Hall–Kier alpha value is -5.90. The van der Waals surface area contributed by atoms with Gasteiger partial charge in [-0.1, -0.05) is 12.8 Å². The van der Waals surface area contributed by atoms with Crippen LogP contribution in [-0.2, 0) is 9.59 Å². The average molecular weight is 814 g/mol. The van der Waals surface area contributed by atoms with Crippen molar-refractivity contribution in [3.05, 3.63) is 65.6 Å². The van der Waals surface area contributed by atoms with Gasteiger partial charge in [0.05, 0.1) is 23.0 Å². The second kappa shape index (κ2) is 15.3. The molecule has 4 saturated heterocycles. The first-order valence-electron chi connectivity index (χ1n) is 21.5. The van der Waals surface area contributed by atoms with Crippen LogP contribution in [0.5, 0.6) is 0 Å². The van der Waals surface area contributed by atoms with E-state index in [0.29, 0.717) is 46.6 Å². The van der Waals surface area contributed by atoms with E-state index in [9.17, 15) is 24.0 Å². The highest BCUT2D eigenvalue weighted by atomic mass is 16.2. The fraction of sp³-hybridized carbons (Fsp3) is 0.500. The molecule has 312 valence electrons. The van der Waals surface area contributed by atoms with Crippen LogP contribution in [-0.4, -0.2) is 129 Å². The molecular formula is C44H51N11O5. The third kappa shape index (κ3) is 6.83. The van der Waals surface area contributed by atoms with Crippen LogP contribution in [0.1, 0.15) is 101 Å². The first-order chi connectivity index (χ1) is 29.1. The van der Waals surface area contributed by atoms with Gasteiger partial charge in [0.15, 0.2) is 0 Å². The van der Waals surface area contributed by atoms with Crippen molar-refractivity contribution >= 4 is 63.7 Å². The molecule has 3 atom stereocenters. The van der Waals surface area contributed by atoms with E-state index in [1.165, 1.54) is 0 Å². The van der Waals surface area contributed by atoms with Crippen molar-refractivity contribution in [3.63, 3.8) is 0 Å². The highest BCUT2D eigenvalue weighted by molar-refractivity contribution is 6.23. The summed E-state index contributed by atoms with van der Waals surface area (Å²) in [5.41, 5.74) is 4.10. The molecule has 0 spiro atoms. The van der Waals surface area contributed by atoms with Gasteiger partial charge in [-0.25, -0.2) is 9.97 Å². The Morgan fingerprint density at radius 1 is 0.800 bits per heavy atom. The molecule has 5 fully saturated rings. The number of aromatic nitrogens is 4. The molecule has 2 N–H and O–H groups in total. The molecule has 0 radical (unpaired) electrons. The summed E-state index contributed by atoms with van der Waals surface area (Å²) in [5, 5.41) is 6.42. The van der Waals surface area contributed by atoms with Crippen LogP contribution in [0.15, 0.2) is 48.8 Å². The van der Waals surface area contributed by atoms with Crippen LogP contribution in [0, 0.1) is 5.92 Å². The maximum Gasteiger partial charge on any atom is 0.270 e. The number of nitrogens with one attached hydrogen (secondary N) is 2. The lowest BCUT2D eigenvalue weighted by molar-refractivity contribution is -0.136. The fourth-order valence-electron chi connectivity index (χ4n) is 10.6. The summed E-state index contributed by atoms with van der Waals surface area (Å²) in [6, 6.07) is 11.6. The second-order valence-electron chi connectivity index (χ2n) is 17.6. The molecule has 10 rings (SSSR count). The van der Waals surface area contributed by atoms with Crippen LogP contribution in [0.25, 0.3) is 11.0 Å². The quantitative estimate of drug-likeness (QED) is 0.230. The van der Waals surface area contributed by atoms with Crippen molar-refractivity contribution < 1.29 is 24.0 Å². The van der Waals surface area contributed by atoms with Gasteiger partial charge in [-0.2, -0.15) is 4.98 Å². The molecule has 1 aliphatic carbocycles. The zero-order valence-corrected chi connectivity index (χ0v) is 34.2. The van der Waals surface area contributed by atoms with Crippen LogP contribution in [0.4, 0.5) is 23.1 Å². The molecule has 16 heteroatoms. The number of carbonyl (C=O) groups excluding carboxylic acids is 5. The minimum absolute atomic E-state index is 0.0291. The van der Waals surface area contributed by atoms with E-state index in [0.717, 1.165) is 111 Å². The number of amides is 5. The number of hydrogen-bond donors (Lipinski definition) is 2. The van der Waals surface area contributed by atoms with Crippen LogP contribution in [0.3, 0.4) is 0 Å².